The number of thiophene rings is 1. The van der Waals surface area contributed by atoms with Gasteiger partial charge in [0.05, 0.1) is 18.2 Å². The van der Waals surface area contributed by atoms with Gasteiger partial charge in [-0.2, -0.15) is 5.26 Å². The van der Waals surface area contributed by atoms with Crippen LogP contribution in [0.15, 0.2) is 29.0 Å². The largest absolute Gasteiger partial charge is 0.354 e. The highest BCUT2D eigenvalue weighted by Crippen LogP contribution is 2.29. The van der Waals surface area contributed by atoms with Gasteiger partial charge in [0.1, 0.15) is 0 Å². The second-order valence-electron chi connectivity index (χ2n) is 3.68. The molecule has 2 nitrogen and oxygen atoms in total. The van der Waals surface area contributed by atoms with Crippen molar-refractivity contribution in [1.82, 2.24) is 0 Å². The molecule has 0 spiro atoms. The van der Waals surface area contributed by atoms with Crippen molar-refractivity contribution in [1.29, 1.82) is 5.26 Å². The van der Waals surface area contributed by atoms with Crippen LogP contribution in [0.4, 0.5) is 11.4 Å². The molecular formula is C13H11ClN2S. The number of hydrogen-bond donors (Lipinski definition) is 1. The summed E-state index contributed by atoms with van der Waals surface area (Å²) in [7, 11) is 0. The first-order valence-corrected chi connectivity index (χ1v) is 6.48. The van der Waals surface area contributed by atoms with Crippen LogP contribution in [0, 0.1) is 18.3 Å². The molecule has 0 saturated carbocycles. The first-order valence-electron chi connectivity index (χ1n) is 5.16. The summed E-state index contributed by atoms with van der Waals surface area (Å²) >= 11 is 7.65. The quantitative estimate of drug-likeness (QED) is 0.883. The van der Waals surface area contributed by atoms with Crippen molar-refractivity contribution in [2.75, 3.05) is 5.32 Å². The van der Waals surface area contributed by atoms with E-state index in [0.717, 1.165) is 27.5 Å². The maximum absolute atomic E-state index is 8.73. The van der Waals surface area contributed by atoms with Crippen molar-refractivity contribution in [2.24, 2.45) is 0 Å². The van der Waals surface area contributed by atoms with Gasteiger partial charge in [0.2, 0.25) is 0 Å². The Hall–Kier alpha value is -1.50. The average molecular weight is 263 g/mol. The van der Waals surface area contributed by atoms with Crippen molar-refractivity contribution in [3.8, 4) is 6.07 Å². The third-order valence-electron chi connectivity index (χ3n) is 2.55. The first kappa shape index (κ1) is 12.0. The lowest BCUT2D eigenvalue weighted by Gasteiger charge is -2.10. The predicted molar refractivity (Wildman–Crippen MR) is 73.1 cm³/mol. The van der Waals surface area contributed by atoms with E-state index in [1.165, 1.54) is 0 Å². The number of rotatable bonds is 3. The fourth-order valence-electron chi connectivity index (χ4n) is 1.54. The molecule has 0 fully saturated rings. The molecule has 2 rings (SSSR count). The second-order valence-corrected chi connectivity index (χ2v) is 4.83. The zero-order valence-corrected chi connectivity index (χ0v) is 10.9. The van der Waals surface area contributed by atoms with Crippen molar-refractivity contribution >= 4 is 34.3 Å². The third-order valence-corrected chi connectivity index (χ3v) is 3.75. The summed E-state index contributed by atoms with van der Waals surface area (Å²) in [6.07, 6.45) is 0.422. The topological polar surface area (TPSA) is 35.8 Å². The lowest BCUT2D eigenvalue weighted by molar-refractivity contribution is 1.28. The lowest BCUT2D eigenvalue weighted by Crippen LogP contribution is -1.95. The summed E-state index contributed by atoms with van der Waals surface area (Å²) in [6, 6.07) is 7.92. The van der Waals surface area contributed by atoms with Gasteiger partial charge < -0.3 is 5.32 Å². The van der Waals surface area contributed by atoms with Crippen LogP contribution in [0.3, 0.4) is 0 Å². The molecule has 0 aliphatic rings. The van der Waals surface area contributed by atoms with Gasteiger partial charge in [0, 0.05) is 21.7 Å². The van der Waals surface area contributed by atoms with Crippen LogP contribution in [-0.2, 0) is 6.42 Å². The van der Waals surface area contributed by atoms with Crippen molar-refractivity contribution < 1.29 is 0 Å². The normalized spacial score (nSPS) is 9.94. The lowest BCUT2D eigenvalue weighted by atomic mass is 10.1. The molecule has 0 atom stereocenters. The summed E-state index contributed by atoms with van der Waals surface area (Å²) in [5.74, 6) is 0. The van der Waals surface area contributed by atoms with E-state index in [0.29, 0.717) is 6.42 Å². The number of nitrogens with one attached hydrogen (secondary N) is 1. The van der Waals surface area contributed by atoms with E-state index in [1.807, 2.05) is 35.9 Å². The summed E-state index contributed by atoms with van der Waals surface area (Å²) in [5.41, 5.74) is 4.01. The number of nitriles is 1. The molecule has 4 heteroatoms. The van der Waals surface area contributed by atoms with Crippen LogP contribution in [0.2, 0.25) is 5.02 Å². The molecule has 86 valence electrons. The van der Waals surface area contributed by atoms with E-state index in [1.54, 1.807) is 11.3 Å². The van der Waals surface area contributed by atoms with E-state index in [2.05, 4.69) is 11.4 Å². The first-order chi connectivity index (χ1) is 8.22. The van der Waals surface area contributed by atoms with E-state index >= 15 is 0 Å². The van der Waals surface area contributed by atoms with Crippen LogP contribution in [0.25, 0.3) is 0 Å². The molecule has 0 radical (unpaired) electrons. The summed E-state index contributed by atoms with van der Waals surface area (Å²) in [5, 5.41) is 16.8. The van der Waals surface area contributed by atoms with Gasteiger partial charge in [-0.1, -0.05) is 17.7 Å². The fourth-order valence-corrected chi connectivity index (χ4v) is 2.51. The summed E-state index contributed by atoms with van der Waals surface area (Å²) in [4.78, 5) is 0. The van der Waals surface area contributed by atoms with Gasteiger partial charge in [0.15, 0.2) is 0 Å². The smallest absolute Gasteiger partial charge is 0.0670 e. The van der Waals surface area contributed by atoms with E-state index < -0.39 is 0 Å². The van der Waals surface area contributed by atoms with Crippen molar-refractivity contribution in [2.45, 2.75) is 13.3 Å². The average Bonchev–Trinajstić information content (AvgIpc) is 2.73. The second kappa shape index (κ2) is 5.22. The SMILES string of the molecule is Cc1c(Cl)cccc1Nc1cscc1CC#N. The van der Waals surface area contributed by atoms with Gasteiger partial charge >= 0.3 is 0 Å². The molecule has 0 amide bonds. The maximum atomic E-state index is 8.73. The fraction of sp³-hybridized carbons (Fsp3) is 0.154. The Balaban J connectivity index is 2.29. The van der Waals surface area contributed by atoms with Gasteiger partial charge in [-0.15, -0.1) is 11.3 Å². The monoisotopic (exact) mass is 262 g/mol. The Bertz CT molecular complexity index is 569. The predicted octanol–water partition coefficient (Wildman–Crippen LogP) is 4.52. The summed E-state index contributed by atoms with van der Waals surface area (Å²) in [6.45, 7) is 1.97. The number of hydrogen-bond acceptors (Lipinski definition) is 3. The Morgan fingerprint density at radius 1 is 1.35 bits per heavy atom. The van der Waals surface area contributed by atoms with Crippen molar-refractivity contribution in [3.05, 3.63) is 45.1 Å². The number of anilines is 2. The van der Waals surface area contributed by atoms with Gasteiger partial charge in [0.25, 0.3) is 0 Å². The van der Waals surface area contributed by atoms with Crippen LogP contribution < -0.4 is 5.32 Å². The van der Waals surface area contributed by atoms with Gasteiger partial charge in [-0.3, -0.25) is 0 Å². The van der Waals surface area contributed by atoms with E-state index in [-0.39, 0.29) is 0 Å². The highest BCUT2D eigenvalue weighted by atomic mass is 35.5. The molecule has 1 N–H and O–H groups in total. The highest BCUT2D eigenvalue weighted by molar-refractivity contribution is 7.08. The Kier molecular flexibility index (Phi) is 3.68. The van der Waals surface area contributed by atoms with Gasteiger partial charge in [-0.05, 0) is 30.0 Å². The molecule has 0 bridgehead atoms. The van der Waals surface area contributed by atoms with Crippen molar-refractivity contribution in [3.63, 3.8) is 0 Å². The van der Waals surface area contributed by atoms with Crippen LogP contribution in [-0.4, -0.2) is 0 Å². The Labute approximate surface area is 109 Å². The number of nitrogens with zero attached hydrogens (tertiary/aromatic N) is 1. The number of benzene rings is 1. The molecule has 0 aliphatic carbocycles. The molecule has 17 heavy (non-hydrogen) atoms. The molecule has 1 heterocycles. The van der Waals surface area contributed by atoms with Gasteiger partial charge in [-0.25, -0.2) is 0 Å². The third kappa shape index (κ3) is 2.60. The Morgan fingerprint density at radius 3 is 2.94 bits per heavy atom. The maximum Gasteiger partial charge on any atom is 0.0670 e. The minimum Gasteiger partial charge on any atom is -0.354 e. The minimum atomic E-state index is 0.422. The Morgan fingerprint density at radius 2 is 2.18 bits per heavy atom. The standard InChI is InChI=1S/C13H11ClN2S/c1-9-11(14)3-2-4-12(9)16-13-8-17-7-10(13)5-6-15/h2-4,7-8,16H,5H2,1H3. The molecular weight excluding hydrogens is 252 g/mol. The molecule has 2 aromatic rings. The van der Waals surface area contributed by atoms with E-state index in [4.69, 9.17) is 16.9 Å². The molecule has 1 aromatic carbocycles. The zero-order valence-electron chi connectivity index (χ0n) is 9.33. The van der Waals surface area contributed by atoms with Crippen LogP contribution in [0.5, 0.6) is 0 Å². The molecule has 0 unspecified atom stereocenters. The van der Waals surface area contributed by atoms with Crippen LogP contribution >= 0.6 is 22.9 Å². The highest BCUT2D eigenvalue weighted by Gasteiger charge is 2.06. The molecule has 0 aliphatic heterocycles. The number of halogens is 1. The zero-order chi connectivity index (χ0) is 12.3. The van der Waals surface area contributed by atoms with Crippen LogP contribution in [0.1, 0.15) is 11.1 Å². The van der Waals surface area contributed by atoms with E-state index in [9.17, 15) is 0 Å². The minimum absolute atomic E-state index is 0.422. The summed E-state index contributed by atoms with van der Waals surface area (Å²) < 4.78 is 0. The molecule has 1 aromatic heterocycles. The molecule has 0 saturated heterocycles.